The van der Waals surface area contributed by atoms with Crippen LogP contribution in [0.1, 0.15) is 55.4 Å². The van der Waals surface area contributed by atoms with Crippen molar-refractivity contribution in [2.45, 2.75) is 50.2 Å². The first kappa shape index (κ1) is 27.5. The molecule has 1 aliphatic carbocycles. The molecular formula is C29H22F5N5O3. The van der Waals surface area contributed by atoms with Gasteiger partial charge in [0.15, 0.2) is 23.2 Å². The van der Waals surface area contributed by atoms with Crippen molar-refractivity contribution in [1.29, 1.82) is 0 Å². The number of fused-ring (bicyclic) bond motifs is 1. The Morgan fingerprint density at radius 3 is 2.50 bits per heavy atom. The second-order valence-electron chi connectivity index (χ2n) is 10.2. The lowest BCUT2D eigenvalue weighted by atomic mass is 9.89. The summed E-state index contributed by atoms with van der Waals surface area (Å²) in [7, 11) is 0. The molecule has 1 N–H and O–H groups in total. The molecule has 3 heterocycles. The maximum atomic E-state index is 14.4. The molecule has 8 nitrogen and oxygen atoms in total. The number of aromatic nitrogens is 5. The van der Waals surface area contributed by atoms with Crippen molar-refractivity contribution in [2.24, 2.45) is 0 Å². The summed E-state index contributed by atoms with van der Waals surface area (Å²) >= 11 is 0. The fourth-order valence-electron chi connectivity index (χ4n) is 5.14. The molecule has 6 rings (SSSR count). The number of benzene rings is 2. The van der Waals surface area contributed by atoms with E-state index < -0.39 is 34.9 Å². The van der Waals surface area contributed by atoms with Crippen molar-refractivity contribution < 1.29 is 36.4 Å². The quantitative estimate of drug-likeness (QED) is 0.198. The van der Waals surface area contributed by atoms with Crippen molar-refractivity contribution in [2.75, 3.05) is 0 Å². The van der Waals surface area contributed by atoms with Gasteiger partial charge in [-0.2, -0.15) is 18.3 Å². The molecule has 1 fully saturated rings. The first-order valence-electron chi connectivity index (χ1n) is 13.1. The Labute approximate surface area is 235 Å². The zero-order valence-electron chi connectivity index (χ0n) is 22.0. The number of hydrogen-bond acceptors (Lipinski definition) is 6. The molecule has 1 aromatic heterocycles. The molecule has 2 aromatic carbocycles. The fourth-order valence-corrected chi connectivity index (χ4v) is 5.14. The second-order valence-corrected chi connectivity index (χ2v) is 10.2. The van der Waals surface area contributed by atoms with E-state index in [1.54, 1.807) is 13.0 Å². The van der Waals surface area contributed by atoms with Crippen molar-refractivity contribution in [3.63, 3.8) is 0 Å². The van der Waals surface area contributed by atoms with Crippen LogP contribution < -0.4 is 0 Å². The van der Waals surface area contributed by atoms with E-state index in [4.69, 9.17) is 4.52 Å². The average Bonchev–Trinajstić information content (AvgIpc) is 3.53. The van der Waals surface area contributed by atoms with E-state index in [1.165, 1.54) is 36.7 Å². The third-order valence-corrected chi connectivity index (χ3v) is 7.40. The molecule has 13 heteroatoms. The Morgan fingerprint density at radius 1 is 1.05 bits per heavy atom. The van der Waals surface area contributed by atoms with Crippen molar-refractivity contribution in [3.8, 4) is 34.0 Å². The molecule has 0 amide bonds. The van der Waals surface area contributed by atoms with Gasteiger partial charge >= 0.3 is 12.1 Å². The number of carboxylic acid groups (broad SMARTS) is 1. The summed E-state index contributed by atoms with van der Waals surface area (Å²) in [6, 6.07) is 8.77. The van der Waals surface area contributed by atoms with E-state index in [0.29, 0.717) is 12.0 Å². The summed E-state index contributed by atoms with van der Waals surface area (Å²) in [5, 5.41) is 18.6. The third-order valence-electron chi connectivity index (χ3n) is 7.40. The highest BCUT2D eigenvalue weighted by molar-refractivity contribution is 5.81. The summed E-state index contributed by atoms with van der Waals surface area (Å²) in [6.07, 6.45) is -0.318. The maximum Gasteiger partial charge on any atom is 0.417 e. The molecule has 3 aromatic rings. The van der Waals surface area contributed by atoms with E-state index >= 15 is 0 Å². The first-order chi connectivity index (χ1) is 20.0. The Morgan fingerprint density at radius 2 is 1.81 bits per heavy atom. The summed E-state index contributed by atoms with van der Waals surface area (Å²) in [6.45, 7) is 1.72. The molecule has 0 radical (unpaired) electrons. The Kier molecular flexibility index (Phi) is 6.54. The Hall–Kier alpha value is -4.68. The van der Waals surface area contributed by atoms with Crippen LogP contribution in [0.5, 0.6) is 0 Å². The van der Waals surface area contributed by atoms with Crippen LogP contribution in [0, 0.1) is 11.6 Å². The standard InChI is InChI=1S/C29H22F5N5O3/c1-2-10-28(27(40)41,39-14-23-22(13-35-39)36-26(37-23)18-4-3-5-20(30)25(18)31)24-12-21(38-42-24)17-9-8-16(15-6-7-15)11-19(17)29(32,33)34/h3-5,8-9,11-15H,2,6-7,10H2,1H3,(H,40,41). The number of imidazole rings is 1. The minimum Gasteiger partial charge on any atom is -0.479 e. The minimum atomic E-state index is -4.68. The molecule has 0 bridgehead atoms. The van der Waals surface area contributed by atoms with E-state index in [-0.39, 0.29) is 52.1 Å². The van der Waals surface area contributed by atoms with Gasteiger partial charge in [0.25, 0.3) is 0 Å². The van der Waals surface area contributed by atoms with E-state index in [2.05, 4.69) is 20.2 Å². The number of hydrogen-bond donors (Lipinski definition) is 1. The highest BCUT2D eigenvalue weighted by Crippen LogP contribution is 2.45. The lowest BCUT2D eigenvalue weighted by molar-refractivity contribution is -0.147. The van der Waals surface area contributed by atoms with Crippen LogP contribution in [-0.2, 0) is 16.5 Å². The Bertz CT molecular complexity index is 1780. The van der Waals surface area contributed by atoms with Gasteiger partial charge in [-0.1, -0.05) is 36.7 Å². The van der Waals surface area contributed by atoms with Gasteiger partial charge in [0.1, 0.15) is 17.1 Å². The molecule has 42 heavy (non-hydrogen) atoms. The summed E-state index contributed by atoms with van der Waals surface area (Å²) in [5.74, 6) is -3.92. The van der Waals surface area contributed by atoms with Crippen LogP contribution >= 0.6 is 0 Å². The molecule has 216 valence electrons. The van der Waals surface area contributed by atoms with Gasteiger partial charge in [0, 0.05) is 11.6 Å². The van der Waals surface area contributed by atoms with Crippen molar-refractivity contribution in [1.82, 2.24) is 24.9 Å². The highest BCUT2D eigenvalue weighted by atomic mass is 19.4. The number of aliphatic carboxylic acids is 1. The second kappa shape index (κ2) is 10.00. The third kappa shape index (κ3) is 4.58. The minimum absolute atomic E-state index is 0.0770. The summed E-state index contributed by atoms with van der Waals surface area (Å²) in [5.41, 5.74) is -2.63. The molecular weight excluding hydrogens is 561 g/mol. The van der Waals surface area contributed by atoms with E-state index in [0.717, 1.165) is 29.7 Å². The largest absolute Gasteiger partial charge is 0.479 e. The highest BCUT2D eigenvalue weighted by Gasteiger charge is 2.47. The molecule has 0 spiro atoms. The van der Waals surface area contributed by atoms with Gasteiger partial charge < -0.3 is 9.63 Å². The molecule has 3 aliphatic rings. The predicted octanol–water partition coefficient (Wildman–Crippen LogP) is 6.90. The topological polar surface area (TPSA) is 107 Å². The number of halogens is 5. The Balaban J connectivity index is 1.46. The normalized spacial score (nSPS) is 15.2. The number of carbonyl (C=O) groups is 1. The van der Waals surface area contributed by atoms with Crippen LogP contribution in [0.25, 0.3) is 34.0 Å². The van der Waals surface area contributed by atoms with Crippen LogP contribution in [-0.4, -0.2) is 36.0 Å². The zero-order chi connectivity index (χ0) is 29.8. The molecule has 2 aliphatic heterocycles. The molecule has 1 saturated carbocycles. The van der Waals surface area contributed by atoms with Gasteiger partial charge in [-0.05, 0) is 48.9 Å². The monoisotopic (exact) mass is 583 g/mol. The van der Waals surface area contributed by atoms with Crippen LogP contribution in [0.2, 0.25) is 0 Å². The molecule has 1 atom stereocenters. The van der Waals surface area contributed by atoms with Gasteiger partial charge in [0.2, 0.25) is 5.54 Å². The lowest BCUT2D eigenvalue weighted by Crippen LogP contribution is -2.44. The number of rotatable bonds is 8. The van der Waals surface area contributed by atoms with Gasteiger partial charge in [-0.25, -0.2) is 28.2 Å². The number of nitrogens with zero attached hydrogens (tertiary/aromatic N) is 5. The lowest BCUT2D eigenvalue weighted by Gasteiger charge is -2.28. The molecule has 0 saturated heterocycles. The van der Waals surface area contributed by atoms with Crippen LogP contribution in [0.15, 0.2) is 59.4 Å². The van der Waals surface area contributed by atoms with Gasteiger partial charge in [0.05, 0.1) is 23.5 Å². The fraction of sp³-hybridized carbons (Fsp3) is 0.276. The molecule has 1 unspecified atom stereocenters. The zero-order valence-corrected chi connectivity index (χ0v) is 22.0. The smallest absolute Gasteiger partial charge is 0.417 e. The van der Waals surface area contributed by atoms with E-state index in [1.807, 2.05) is 0 Å². The van der Waals surface area contributed by atoms with Crippen molar-refractivity contribution in [3.05, 3.63) is 83.4 Å². The van der Waals surface area contributed by atoms with Gasteiger partial charge in [-0.3, -0.25) is 0 Å². The summed E-state index contributed by atoms with van der Waals surface area (Å²) in [4.78, 5) is 21.3. The average molecular weight is 584 g/mol. The van der Waals surface area contributed by atoms with Crippen LogP contribution in [0.4, 0.5) is 22.0 Å². The summed E-state index contributed by atoms with van der Waals surface area (Å²) < 4.78 is 76.8. The number of carboxylic acids is 1. The number of alkyl halides is 3. The SMILES string of the molecule is CCCC(C(=O)O)(c1cc(-c2ccc(C3CC3)cc2C(F)(F)F)no1)n1cc2nc(-c3cccc(F)c3F)nc-2cn1. The maximum absolute atomic E-state index is 14.4. The predicted molar refractivity (Wildman–Crippen MR) is 138 cm³/mol. The van der Waals surface area contributed by atoms with Crippen LogP contribution in [0.3, 0.4) is 0 Å². The van der Waals surface area contributed by atoms with E-state index in [9.17, 15) is 31.9 Å². The first-order valence-corrected chi connectivity index (χ1v) is 13.1. The van der Waals surface area contributed by atoms with Gasteiger partial charge in [-0.15, -0.1) is 0 Å². The van der Waals surface area contributed by atoms with Crippen molar-refractivity contribution >= 4 is 5.97 Å².